The highest BCUT2D eigenvalue weighted by Gasteiger charge is 2.47. The number of ether oxygens (including phenoxy) is 1. The Kier molecular flexibility index (Phi) is 4.68. The van der Waals surface area contributed by atoms with Gasteiger partial charge in [-0.1, -0.05) is 0 Å². The van der Waals surface area contributed by atoms with Crippen LogP contribution in [0.15, 0.2) is 11.4 Å². The second-order valence-electron chi connectivity index (χ2n) is 5.97. The number of aryl methyl sites for hydroxylation is 1. The summed E-state index contributed by atoms with van der Waals surface area (Å²) in [7, 11) is 1.50. The van der Waals surface area contributed by atoms with E-state index in [9.17, 15) is 9.59 Å². The maximum atomic E-state index is 12.3. The van der Waals surface area contributed by atoms with Crippen molar-refractivity contribution < 1.29 is 19.4 Å². The van der Waals surface area contributed by atoms with Crippen LogP contribution in [-0.2, 0) is 14.3 Å². The topological polar surface area (TPSA) is 75.6 Å². The van der Waals surface area contributed by atoms with Crippen LogP contribution in [0.25, 0.3) is 0 Å². The highest BCUT2D eigenvalue weighted by Crippen LogP contribution is 2.50. The van der Waals surface area contributed by atoms with Crippen LogP contribution < -0.4 is 5.32 Å². The normalized spacial score (nSPS) is 23.4. The van der Waals surface area contributed by atoms with Crippen molar-refractivity contribution >= 4 is 23.2 Å². The highest BCUT2D eigenvalue weighted by atomic mass is 32.1. The molecule has 0 spiro atoms. The van der Waals surface area contributed by atoms with E-state index in [4.69, 9.17) is 9.84 Å². The number of carbonyl (C=O) groups excluding carboxylic acids is 1. The Balaban J connectivity index is 1.98. The van der Waals surface area contributed by atoms with Crippen LogP contribution in [0.1, 0.15) is 36.1 Å². The Labute approximate surface area is 128 Å². The molecule has 1 aromatic rings. The Hall–Kier alpha value is -1.40. The minimum absolute atomic E-state index is 0.0488. The predicted molar refractivity (Wildman–Crippen MR) is 80.6 cm³/mol. The largest absolute Gasteiger partial charge is 0.481 e. The van der Waals surface area contributed by atoms with Gasteiger partial charge < -0.3 is 15.2 Å². The van der Waals surface area contributed by atoms with Crippen LogP contribution in [0.5, 0.6) is 0 Å². The lowest BCUT2D eigenvalue weighted by Gasteiger charge is -2.28. The standard InChI is InChI=1S/C15H21NO4S/c1-9-4-5-21-13(9)10-6-11(10)14(19)16-15(2,8-20-3)7-12(17)18/h4-5,10-11H,6-8H2,1-3H3,(H,16,19)(H,17,18). The quantitative estimate of drug-likeness (QED) is 0.809. The van der Waals surface area contributed by atoms with Gasteiger partial charge in [0.25, 0.3) is 0 Å². The summed E-state index contributed by atoms with van der Waals surface area (Å²) in [6.45, 7) is 3.94. The van der Waals surface area contributed by atoms with E-state index in [-0.39, 0.29) is 30.8 Å². The van der Waals surface area contributed by atoms with Gasteiger partial charge in [0.1, 0.15) is 0 Å². The number of methoxy groups -OCH3 is 1. The van der Waals surface area contributed by atoms with E-state index in [0.29, 0.717) is 0 Å². The molecule has 0 saturated heterocycles. The molecule has 1 aliphatic carbocycles. The van der Waals surface area contributed by atoms with Gasteiger partial charge in [0.05, 0.1) is 18.6 Å². The van der Waals surface area contributed by atoms with E-state index >= 15 is 0 Å². The molecule has 5 nitrogen and oxygen atoms in total. The van der Waals surface area contributed by atoms with E-state index in [2.05, 4.69) is 18.3 Å². The summed E-state index contributed by atoms with van der Waals surface area (Å²) in [5, 5.41) is 13.9. The molecular weight excluding hydrogens is 290 g/mol. The predicted octanol–water partition coefficient (Wildman–Crippen LogP) is 2.16. The van der Waals surface area contributed by atoms with Crippen molar-refractivity contribution in [2.24, 2.45) is 5.92 Å². The highest BCUT2D eigenvalue weighted by molar-refractivity contribution is 7.10. The zero-order valence-electron chi connectivity index (χ0n) is 12.5. The van der Waals surface area contributed by atoms with Crippen LogP contribution in [0.4, 0.5) is 0 Å². The minimum atomic E-state index is -0.948. The molecule has 1 saturated carbocycles. The number of carboxylic acid groups (broad SMARTS) is 1. The number of hydrogen-bond acceptors (Lipinski definition) is 4. The molecular formula is C15H21NO4S. The fourth-order valence-electron chi connectivity index (χ4n) is 2.71. The molecule has 6 heteroatoms. The number of amides is 1. The average Bonchev–Trinajstić information content (AvgIpc) is 3.04. The number of carboxylic acids is 1. The van der Waals surface area contributed by atoms with Crippen molar-refractivity contribution in [1.29, 1.82) is 0 Å². The molecule has 0 radical (unpaired) electrons. The summed E-state index contributed by atoms with van der Waals surface area (Å²) in [6.07, 6.45) is 0.686. The minimum Gasteiger partial charge on any atom is -0.481 e. The van der Waals surface area contributed by atoms with Gasteiger partial charge >= 0.3 is 5.97 Å². The van der Waals surface area contributed by atoms with E-state index in [1.54, 1.807) is 18.3 Å². The molecule has 0 bridgehead atoms. The van der Waals surface area contributed by atoms with Crippen molar-refractivity contribution in [2.45, 2.75) is 38.1 Å². The van der Waals surface area contributed by atoms with Gasteiger partial charge in [0, 0.05) is 23.8 Å². The van der Waals surface area contributed by atoms with Gasteiger partial charge in [-0.3, -0.25) is 9.59 Å². The molecule has 1 fully saturated rings. The first-order valence-corrected chi connectivity index (χ1v) is 7.81. The van der Waals surface area contributed by atoms with Crippen molar-refractivity contribution in [1.82, 2.24) is 5.32 Å². The summed E-state index contributed by atoms with van der Waals surface area (Å²) in [6, 6.07) is 2.06. The van der Waals surface area contributed by atoms with E-state index in [1.165, 1.54) is 17.6 Å². The lowest BCUT2D eigenvalue weighted by atomic mass is 9.98. The smallest absolute Gasteiger partial charge is 0.305 e. The zero-order valence-corrected chi connectivity index (χ0v) is 13.3. The monoisotopic (exact) mass is 311 g/mol. The maximum Gasteiger partial charge on any atom is 0.305 e. The molecule has 1 amide bonds. The first-order chi connectivity index (χ1) is 9.86. The summed E-state index contributed by atoms with van der Waals surface area (Å²) in [5.74, 6) is -0.793. The van der Waals surface area contributed by atoms with E-state index in [0.717, 1.165) is 6.42 Å². The molecule has 21 heavy (non-hydrogen) atoms. The third-order valence-electron chi connectivity index (χ3n) is 3.79. The molecule has 3 atom stereocenters. The van der Waals surface area contributed by atoms with Gasteiger partial charge in [-0.25, -0.2) is 0 Å². The maximum absolute atomic E-state index is 12.3. The lowest BCUT2D eigenvalue weighted by molar-refractivity contribution is -0.139. The number of rotatable bonds is 7. The Morgan fingerprint density at radius 1 is 1.57 bits per heavy atom. The first kappa shape index (κ1) is 16.0. The zero-order chi connectivity index (χ0) is 15.6. The fraction of sp³-hybridized carbons (Fsp3) is 0.600. The SMILES string of the molecule is COCC(C)(CC(=O)O)NC(=O)C1CC1c1sccc1C. The number of aliphatic carboxylic acids is 1. The molecule has 2 rings (SSSR count). The second kappa shape index (κ2) is 6.15. The average molecular weight is 311 g/mol. The van der Waals surface area contributed by atoms with Gasteiger partial charge in [0.15, 0.2) is 0 Å². The van der Waals surface area contributed by atoms with Crippen molar-refractivity contribution in [3.05, 3.63) is 21.9 Å². The second-order valence-corrected chi connectivity index (χ2v) is 6.92. The number of carbonyl (C=O) groups is 2. The van der Waals surface area contributed by atoms with E-state index < -0.39 is 11.5 Å². The molecule has 116 valence electrons. The summed E-state index contributed by atoms with van der Waals surface area (Å²) >= 11 is 1.68. The number of hydrogen-bond donors (Lipinski definition) is 2. The summed E-state index contributed by atoms with van der Waals surface area (Å²) in [5.41, 5.74) is 0.362. The molecule has 0 aliphatic heterocycles. The van der Waals surface area contributed by atoms with Crippen molar-refractivity contribution in [3.8, 4) is 0 Å². The lowest BCUT2D eigenvalue weighted by Crippen LogP contribution is -2.51. The summed E-state index contributed by atoms with van der Waals surface area (Å²) < 4.78 is 5.05. The third kappa shape index (κ3) is 3.83. The Morgan fingerprint density at radius 3 is 2.81 bits per heavy atom. The number of thiophene rings is 1. The van der Waals surface area contributed by atoms with Crippen molar-refractivity contribution in [3.63, 3.8) is 0 Å². The van der Waals surface area contributed by atoms with Crippen LogP contribution in [0.2, 0.25) is 0 Å². The van der Waals surface area contributed by atoms with Crippen LogP contribution in [-0.4, -0.2) is 36.2 Å². The van der Waals surface area contributed by atoms with Gasteiger partial charge in [0.2, 0.25) is 5.91 Å². The Bertz CT molecular complexity index is 542. The molecule has 0 aromatic carbocycles. The molecule has 2 N–H and O–H groups in total. The van der Waals surface area contributed by atoms with Crippen molar-refractivity contribution in [2.75, 3.05) is 13.7 Å². The van der Waals surface area contributed by atoms with E-state index in [1.807, 2.05) is 5.38 Å². The Morgan fingerprint density at radius 2 is 2.29 bits per heavy atom. The summed E-state index contributed by atoms with van der Waals surface area (Å²) in [4.78, 5) is 24.6. The van der Waals surface area contributed by atoms with Crippen LogP contribution >= 0.6 is 11.3 Å². The number of nitrogens with one attached hydrogen (secondary N) is 1. The first-order valence-electron chi connectivity index (χ1n) is 6.93. The van der Waals surface area contributed by atoms with Gasteiger partial charge in [-0.2, -0.15) is 0 Å². The molecule has 1 heterocycles. The van der Waals surface area contributed by atoms with Crippen LogP contribution in [0, 0.1) is 12.8 Å². The fourth-order valence-corrected chi connectivity index (χ4v) is 3.82. The third-order valence-corrected chi connectivity index (χ3v) is 4.95. The van der Waals surface area contributed by atoms with Gasteiger partial charge in [-0.05, 0) is 37.3 Å². The molecule has 1 aromatic heterocycles. The molecule has 1 aliphatic rings. The van der Waals surface area contributed by atoms with Gasteiger partial charge in [-0.15, -0.1) is 11.3 Å². The molecule has 3 unspecified atom stereocenters. The van der Waals surface area contributed by atoms with Crippen LogP contribution in [0.3, 0.4) is 0 Å².